The number of piperidine rings is 1. The van der Waals surface area contributed by atoms with Gasteiger partial charge in [0.15, 0.2) is 8.24 Å². The second kappa shape index (κ2) is 10.8. The van der Waals surface area contributed by atoms with E-state index in [4.69, 9.17) is 11.6 Å². The van der Waals surface area contributed by atoms with E-state index in [1.807, 2.05) is 11.0 Å². The van der Waals surface area contributed by atoms with E-state index in [1.165, 1.54) is 11.3 Å². The van der Waals surface area contributed by atoms with Gasteiger partial charge in [0.2, 0.25) is 0 Å². The predicted molar refractivity (Wildman–Crippen MR) is 150 cm³/mol. The van der Waals surface area contributed by atoms with Crippen LogP contribution in [0.4, 0.5) is 0 Å². The molecule has 1 aromatic carbocycles. The number of likely N-dealkylation sites (tertiary alicyclic amines) is 1. The van der Waals surface area contributed by atoms with Crippen LogP contribution in [-0.4, -0.2) is 53.6 Å². The highest BCUT2D eigenvalue weighted by Gasteiger charge is 2.51. The van der Waals surface area contributed by atoms with Gasteiger partial charge in [-0.25, -0.2) is 0 Å². The van der Waals surface area contributed by atoms with Gasteiger partial charge in [-0.1, -0.05) is 83.5 Å². The van der Waals surface area contributed by atoms with Crippen molar-refractivity contribution < 1.29 is 5.11 Å². The molecule has 2 atom stereocenters. The number of halogens is 1. The highest BCUT2D eigenvalue weighted by atomic mass is 35.5. The molecule has 3 aliphatic heterocycles. The summed E-state index contributed by atoms with van der Waals surface area (Å²) in [5, 5.41) is 12.3. The number of aliphatic hydroxyl groups is 1. The molecule has 1 N–H and O–H groups in total. The summed E-state index contributed by atoms with van der Waals surface area (Å²) in [6.07, 6.45) is 8.00. The summed E-state index contributed by atoms with van der Waals surface area (Å²) in [7, 11) is -1.86. The van der Waals surface area contributed by atoms with Crippen molar-refractivity contribution >= 4 is 19.8 Å². The number of benzene rings is 1. The average Bonchev–Trinajstić information content (AvgIpc) is 3.23. The molecule has 6 heteroatoms. The third-order valence-corrected chi connectivity index (χ3v) is 15.8. The Morgan fingerprint density at radius 1 is 0.971 bits per heavy atom. The Kier molecular flexibility index (Phi) is 8.21. The van der Waals surface area contributed by atoms with Crippen LogP contribution in [0.1, 0.15) is 59.9 Å². The molecule has 4 nitrogen and oxygen atoms in total. The minimum atomic E-state index is -1.86. The molecule has 2 unspecified atom stereocenters. The van der Waals surface area contributed by atoms with E-state index >= 15 is 0 Å². The highest BCUT2D eigenvalue weighted by molar-refractivity contribution is 6.81. The van der Waals surface area contributed by atoms with E-state index in [0.29, 0.717) is 21.8 Å². The van der Waals surface area contributed by atoms with Gasteiger partial charge in [0, 0.05) is 25.6 Å². The molecule has 0 spiro atoms. The third-order valence-electron chi connectivity index (χ3n) is 8.61. The lowest BCUT2D eigenvalue weighted by Gasteiger charge is -2.52. The van der Waals surface area contributed by atoms with E-state index < -0.39 is 14.5 Å². The zero-order chi connectivity index (χ0) is 25.3. The van der Waals surface area contributed by atoms with Crippen molar-refractivity contribution in [2.45, 2.75) is 83.8 Å². The number of rotatable bonds is 8. The molecule has 0 amide bonds. The fourth-order valence-electron chi connectivity index (χ4n) is 7.36. The van der Waals surface area contributed by atoms with Crippen molar-refractivity contribution in [3.63, 3.8) is 0 Å². The number of aliphatic hydroxyl groups excluding tert-OH is 1. The van der Waals surface area contributed by atoms with Gasteiger partial charge in [-0.15, -0.1) is 0 Å². The summed E-state index contributed by atoms with van der Waals surface area (Å²) in [5.74, 6) is 0.159. The van der Waals surface area contributed by atoms with Gasteiger partial charge in [0.05, 0.1) is 11.4 Å². The van der Waals surface area contributed by atoms with Crippen LogP contribution >= 0.6 is 11.6 Å². The van der Waals surface area contributed by atoms with Crippen LogP contribution < -0.4 is 0 Å². The van der Waals surface area contributed by atoms with Gasteiger partial charge in [-0.3, -0.25) is 4.90 Å². The molecule has 3 heterocycles. The lowest BCUT2D eigenvalue weighted by Crippen LogP contribution is -2.59. The largest absolute Gasteiger partial charge is 0.391 e. The molecule has 0 bridgehead atoms. The average molecular weight is 514 g/mol. The Bertz CT molecular complexity index is 950. The van der Waals surface area contributed by atoms with Gasteiger partial charge in [-0.2, -0.15) is 0 Å². The van der Waals surface area contributed by atoms with Crippen LogP contribution in [-0.2, 0) is 6.54 Å². The summed E-state index contributed by atoms with van der Waals surface area (Å²) in [6, 6.07) is 10.6. The molecular formula is C29H44ClN3OSi. The molecule has 0 aromatic heterocycles. The molecule has 0 saturated carbocycles. The zero-order valence-electron chi connectivity index (χ0n) is 22.4. The van der Waals surface area contributed by atoms with Gasteiger partial charge in [-0.05, 0) is 59.8 Å². The van der Waals surface area contributed by atoms with Crippen LogP contribution in [0, 0.1) is 5.92 Å². The molecule has 192 valence electrons. The lowest BCUT2D eigenvalue weighted by atomic mass is 9.94. The number of hydrogen-bond donors (Lipinski definition) is 1. The second-order valence-electron chi connectivity index (χ2n) is 11.5. The normalized spacial score (nSPS) is 22.5. The molecule has 3 aliphatic rings. The molecular weight excluding hydrogens is 470 g/mol. The number of fused-ring (bicyclic) bond motifs is 1. The fourth-order valence-corrected chi connectivity index (χ4v) is 14.5. The molecule has 0 radical (unpaired) electrons. The van der Waals surface area contributed by atoms with Crippen LogP contribution in [0.5, 0.6) is 0 Å². The van der Waals surface area contributed by atoms with E-state index in [-0.39, 0.29) is 5.92 Å². The van der Waals surface area contributed by atoms with E-state index in [2.05, 4.69) is 93.5 Å². The smallest absolute Gasteiger partial charge is 0.164 e. The maximum Gasteiger partial charge on any atom is 0.164 e. The lowest BCUT2D eigenvalue weighted by molar-refractivity contribution is -0.0263. The van der Waals surface area contributed by atoms with Crippen molar-refractivity contribution in [3.8, 4) is 0 Å². The zero-order valence-corrected chi connectivity index (χ0v) is 24.2. The van der Waals surface area contributed by atoms with Crippen molar-refractivity contribution in [2.75, 3.05) is 19.6 Å². The van der Waals surface area contributed by atoms with Gasteiger partial charge in [0.1, 0.15) is 11.4 Å². The van der Waals surface area contributed by atoms with Crippen LogP contribution in [0.15, 0.2) is 65.1 Å². The minimum absolute atomic E-state index is 0.159. The number of allylic oxidation sites excluding steroid dienone is 2. The standard InChI is InChI=1S/C29H44ClN3OSi/c1-21(2)35(22(3)4,23(5)6)32-18-16-27-26(32)14-15-28(30)33(27)29(34)25-13-10-17-31(20-25)19-24-11-8-7-9-12-24/h7-9,11-12,14-16,21-23,25,29,34H,10,13,17-20H2,1-6H3. The maximum atomic E-state index is 11.7. The monoisotopic (exact) mass is 513 g/mol. The van der Waals surface area contributed by atoms with Crippen LogP contribution in [0.25, 0.3) is 0 Å². The topological polar surface area (TPSA) is 30.0 Å². The third kappa shape index (κ3) is 4.89. The molecule has 0 aliphatic carbocycles. The molecule has 1 aromatic rings. The van der Waals surface area contributed by atoms with E-state index in [9.17, 15) is 5.11 Å². The summed E-state index contributed by atoms with van der Waals surface area (Å²) in [6.45, 7) is 18.3. The summed E-state index contributed by atoms with van der Waals surface area (Å²) in [4.78, 5) is 4.50. The van der Waals surface area contributed by atoms with Gasteiger partial charge in [0.25, 0.3) is 0 Å². The number of hydrogen-bond acceptors (Lipinski definition) is 4. The fraction of sp³-hybridized carbons (Fsp3) is 0.586. The Morgan fingerprint density at radius 3 is 2.26 bits per heavy atom. The Morgan fingerprint density at radius 2 is 1.63 bits per heavy atom. The van der Waals surface area contributed by atoms with Gasteiger partial charge >= 0.3 is 0 Å². The molecule has 1 fully saturated rings. The first-order valence-electron chi connectivity index (χ1n) is 13.5. The quantitative estimate of drug-likeness (QED) is 0.303. The first-order chi connectivity index (χ1) is 16.7. The minimum Gasteiger partial charge on any atom is -0.391 e. The summed E-state index contributed by atoms with van der Waals surface area (Å²) < 4.78 is 2.73. The van der Waals surface area contributed by atoms with E-state index in [1.54, 1.807) is 0 Å². The van der Waals surface area contributed by atoms with Crippen LogP contribution in [0.2, 0.25) is 16.6 Å². The molecule has 35 heavy (non-hydrogen) atoms. The number of nitrogens with zero attached hydrogens (tertiary/aromatic N) is 3. The second-order valence-corrected chi connectivity index (χ2v) is 17.7. The molecule has 1 saturated heterocycles. The predicted octanol–water partition coefficient (Wildman–Crippen LogP) is 6.87. The first kappa shape index (κ1) is 26.5. The summed E-state index contributed by atoms with van der Waals surface area (Å²) in [5.41, 5.74) is 5.56. The van der Waals surface area contributed by atoms with Gasteiger partial charge < -0.3 is 14.6 Å². The highest BCUT2D eigenvalue weighted by Crippen LogP contribution is 2.49. The Labute approximate surface area is 219 Å². The SMILES string of the molecule is CC(C)[Si](C(C)C)(C(C)C)N1CC=C2C1=CC=C(Cl)N2C(O)C1CCCN(Cc2ccccc2)C1. The maximum absolute atomic E-state index is 11.7. The van der Waals surface area contributed by atoms with Crippen molar-refractivity contribution in [3.05, 3.63) is 70.7 Å². The van der Waals surface area contributed by atoms with Crippen molar-refractivity contribution in [2.24, 2.45) is 5.92 Å². The first-order valence-corrected chi connectivity index (χ1v) is 16.0. The van der Waals surface area contributed by atoms with Crippen molar-refractivity contribution in [1.82, 2.24) is 14.4 Å². The Hall–Kier alpha value is -1.53. The van der Waals surface area contributed by atoms with Crippen LogP contribution in [0.3, 0.4) is 0 Å². The summed E-state index contributed by atoms with van der Waals surface area (Å²) >= 11 is 6.80. The molecule has 4 rings (SSSR count). The van der Waals surface area contributed by atoms with Crippen molar-refractivity contribution in [1.29, 1.82) is 0 Å². The van der Waals surface area contributed by atoms with E-state index in [0.717, 1.165) is 44.7 Å². The Balaban J connectivity index is 1.55.